The van der Waals surface area contributed by atoms with E-state index in [1.165, 1.54) is 23.5 Å². The summed E-state index contributed by atoms with van der Waals surface area (Å²) in [5.74, 6) is 9.30. The molecule has 1 aromatic rings. The molecule has 3 atom stereocenters. The predicted molar refractivity (Wildman–Crippen MR) is 95.1 cm³/mol. The maximum Gasteiger partial charge on any atom is 0.124 e. The van der Waals surface area contributed by atoms with E-state index < -0.39 is 0 Å². The zero-order chi connectivity index (χ0) is 15.2. The summed E-state index contributed by atoms with van der Waals surface area (Å²) in [6, 6.07) is 8.39. The average Bonchev–Trinajstić information content (AvgIpc) is 2.49. The van der Waals surface area contributed by atoms with Crippen molar-refractivity contribution in [3.05, 3.63) is 29.8 Å². The molecule has 3 N–H and O–H groups in total. The lowest BCUT2D eigenvalue weighted by Crippen LogP contribution is -2.42. The molecule has 3 nitrogen and oxygen atoms in total. The first-order chi connectivity index (χ1) is 10.2. The molecule has 2 rings (SSSR count). The van der Waals surface area contributed by atoms with Crippen molar-refractivity contribution in [3.63, 3.8) is 0 Å². The molecule has 1 aromatic carbocycles. The van der Waals surface area contributed by atoms with Crippen LogP contribution in [0.3, 0.4) is 0 Å². The van der Waals surface area contributed by atoms with Crippen LogP contribution in [0.4, 0.5) is 0 Å². The Bertz CT molecular complexity index is 442. The van der Waals surface area contributed by atoms with E-state index in [1.807, 2.05) is 23.9 Å². The first-order valence-corrected chi connectivity index (χ1v) is 9.72. The lowest BCUT2D eigenvalue weighted by Gasteiger charge is -2.36. The van der Waals surface area contributed by atoms with Crippen LogP contribution in [0.25, 0.3) is 0 Å². The minimum Gasteiger partial charge on any atom is -0.491 e. The van der Waals surface area contributed by atoms with Crippen LogP contribution >= 0.6 is 23.5 Å². The normalized spacial score (nSPS) is 24.0. The highest BCUT2D eigenvalue weighted by molar-refractivity contribution is 8.07. The molecule has 1 aliphatic rings. The van der Waals surface area contributed by atoms with E-state index in [1.54, 1.807) is 0 Å². The second-order valence-corrected chi connectivity index (χ2v) is 8.13. The van der Waals surface area contributed by atoms with Crippen molar-refractivity contribution in [1.82, 2.24) is 5.43 Å². The third-order valence-electron chi connectivity index (χ3n) is 3.62. The van der Waals surface area contributed by atoms with Gasteiger partial charge < -0.3 is 4.74 Å². The highest BCUT2D eigenvalue weighted by atomic mass is 32.2. The van der Waals surface area contributed by atoms with Crippen LogP contribution in [-0.2, 0) is 0 Å². The van der Waals surface area contributed by atoms with Gasteiger partial charge in [-0.15, -0.1) is 0 Å². The van der Waals surface area contributed by atoms with E-state index in [9.17, 15) is 0 Å². The molecule has 118 valence electrons. The van der Waals surface area contributed by atoms with E-state index in [0.717, 1.165) is 5.75 Å². The van der Waals surface area contributed by atoms with Gasteiger partial charge in [-0.2, -0.15) is 23.5 Å². The molecule has 0 aromatic heterocycles. The predicted octanol–water partition coefficient (Wildman–Crippen LogP) is 3.61. The third kappa shape index (κ3) is 4.31. The van der Waals surface area contributed by atoms with Gasteiger partial charge in [-0.1, -0.05) is 25.1 Å². The molecule has 1 fully saturated rings. The molecule has 1 saturated heterocycles. The van der Waals surface area contributed by atoms with Crippen LogP contribution < -0.4 is 16.0 Å². The van der Waals surface area contributed by atoms with Gasteiger partial charge in [0.25, 0.3) is 0 Å². The van der Waals surface area contributed by atoms with Gasteiger partial charge in [0.15, 0.2) is 0 Å². The molecule has 0 amide bonds. The number of nitrogens with one attached hydrogen (secondary N) is 1. The van der Waals surface area contributed by atoms with E-state index in [4.69, 9.17) is 10.6 Å². The molecule has 5 heteroatoms. The quantitative estimate of drug-likeness (QED) is 0.618. The maximum atomic E-state index is 5.98. The number of rotatable bonds is 6. The summed E-state index contributed by atoms with van der Waals surface area (Å²) in [5.41, 5.74) is 4.23. The summed E-state index contributed by atoms with van der Waals surface area (Å²) in [7, 11) is 0. The third-order valence-corrected chi connectivity index (χ3v) is 6.97. The number of hydrogen-bond donors (Lipinski definition) is 2. The largest absolute Gasteiger partial charge is 0.491 e. The van der Waals surface area contributed by atoms with Gasteiger partial charge in [-0.25, -0.2) is 0 Å². The van der Waals surface area contributed by atoms with Crippen molar-refractivity contribution in [2.45, 2.75) is 49.8 Å². The van der Waals surface area contributed by atoms with Gasteiger partial charge in [0, 0.05) is 27.6 Å². The summed E-state index contributed by atoms with van der Waals surface area (Å²) in [5, 5.41) is 1.12. The second kappa shape index (κ2) is 8.32. The Morgan fingerprint density at radius 2 is 2.00 bits per heavy atom. The summed E-state index contributed by atoms with van der Waals surface area (Å²) < 4.78 is 5.98. The van der Waals surface area contributed by atoms with E-state index in [-0.39, 0.29) is 12.1 Å². The fourth-order valence-corrected chi connectivity index (χ4v) is 5.93. The Labute approximate surface area is 136 Å². The van der Waals surface area contributed by atoms with Gasteiger partial charge in [0.1, 0.15) is 5.75 Å². The lowest BCUT2D eigenvalue weighted by atomic mass is 9.99. The highest BCUT2D eigenvalue weighted by Crippen LogP contribution is 2.42. The van der Waals surface area contributed by atoms with E-state index in [2.05, 4.69) is 50.1 Å². The molecule has 1 heterocycles. The Kier molecular flexibility index (Phi) is 6.74. The summed E-state index contributed by atoms with van der Waals surface area (Å²) in [6.07, 6.45) is 1.34. The number of hydrazine groups is 1. The number of thioether (sulfide) groups is 2. The molecule has 3 unspecified atom stereocenters. The minimum atomic E-state index is 0.127. The monoisotopic (exact) mass is 326 g/mol. The fraction of sp³-hybridized carbons (Fsp3) is 0.625. The van der Waals surface area contributed by atoms with Gasteiger partial charge in [-0.3, -0.25) is 11.3 Å². The zero-order valence-corrected chi connectivity index (χ0v) is 14.7. The van der Waals surface area contributed by atoms with Crippen molar-refractivity contribution in [3.8, 4) is 5.75 Å². The zero-order valence-electron chi connectivity index (χ0n) is 13.0. The van der Waals surface area contributed by atoms with Crippen LogP contribution in [0.2, 0.25) is 0 Å². The minimum absolute atomic E-state index is 0.127. The first kappa shape index (κ1) is 17.0. The van der Waals surface area contributed by atoms with Crippen LogP contribution in [-0.4, -0.2) is 28.1 Å². The smallest absolute Gasteiger partial charge is 0.124 e. The van der Waals surface area contributed by atoms with Gasteiger partial charge in [0.2, 0.25) is 0 Å². The standard InChI is InChI=1S/C16H26N2OS2/c1-4-14-16(21-10-9-20-14)15(18-17)12-7-5-6-8-13(12)19-11(2)3/h5-8,11,14-16,18H,4,9-10,17H2,1-3H3. The Balaban J connectivity index is 2.27. The van der Waals surface area contributed by atoms with E-state index in [0.29, 0.717) is 10.5 Å². The molecule has 0 saturated carbocycles. The molecule has 21 heavy (non-hydrogen) atoms. The van der Waals surface area contributed by atoms with Crippen LogP contribution in [0.5, 0.6) is 5.75 Å². The van der Waals surface area contributed by atoms with Crippen molar-refractivity contribution >= 4 is 23.5 Å². The number of hydrogen-bond acceptors (Lipinski definition) is 5. The molecule has 0 spiro atoms. The van der Waals surface area contributed by atoms with Crippen LogP contribution in [0, 0.1) is 0 Å². The lowest BCUT2D eigenvalue weighted by molar-refractivity contribution is 0.237. The van der Waals surface area contributed by atoms with Gasteiger partial charge >= 0.3 is 0 Å². The molecule has 0 aliphatic carbocycles. The molecule has 1 aliphatic heterocycles. The Morgan fingerprint density at radius 1 is 1.29 bits per heavy atom. The van der Waals surface area contributed by atoms with E-state index >= 15 is 0 Å². The van der Waals surface area contributed by atoms with Crippen molar-refractivity contribution in [1.29, 1.82) is 0 Å². The van der Waals surface area contributed by atoms with Gasteiger partial charge in [0.05, 0.1) is 12.1 Å². The second-order valence-electron chi connectivity index (χ2n) is 5.50. The van der Waals surface area contributed by atoms with Crippen molar-refractivity contribution in [2.24, 2.45) is 5.84 Å². The summed E-state index contributed by atoms with van der Waals surface area (Å²) in [4.78, 5) is 0. The number of ether oxygens (including phenoxy) is 1. The Hall–Kier alpha value is -0.360. The number of benzene rings is 1. The molecule has 0 bridgehead atoms. The molecular weight excluding hydrogens is 300 g/mol. The average molecular weight is 327 g/mol. The van der Waals surface area contributed by atoms with Crippen LogP contribution in [0.1, 0.15) is 38.8 Å². The summed E-state index contributed by atoms with van der Waals surface area (Å²) >= 11 is 4.10. The molecular formula is C16H26N2OS2. The maximum absolute atomic E-state index is 5.98. The number of para-hydroxylation sites is 1. The first-order valence-electron chi connectivity index (χ1n) is 7.62. The molecule has 0 radical (unpaired) electrons. The van der Waals surface area contributed by atoms with Crippen LogP contribution in [0.15, 0.2) is 24.3 Å². The summed E-state index contributed by atoms with van der Waals surface area (Å²) in [6.45, 7) is 6.38. The fourth-order valence-electron chi connectivity index (χ4n) is 2.71. The SMILES string of the molecule is CCC1SCCSC1C(NN)c1ccccc1OC(C)C. The Morgan fingerprint density at radius 3 is 2.67 bits per heavy atom. The highest BCUT2D eigenvalue weighted by Gasteiger charge is 2.33. The van der Waals surface area contributed by atoms with Gasteiger partial charge in [-0.05, 0) is 26.3 Å². The topological polar surface area (TPSA) is 47.3 Å². The van der Waals surface area contributed by atoms with Crippen molar-refractivity contribution in [2.75, 3.05) is 11.5 Å². The van der Waals surface area contributed by atoms with Crippen molar-refractivity contribution < 1.29 is 4.74 Å². The number of nitrogens with two attached hydrogens (primary N) is 1.